The molecule has 2 rings (SSSR count). The van der Waals surface area contributed by atoms with Gasteiger partial charge in [0.2, 0.25) is 0 Å². The first-order valence-corrected chi connectivity index (χ1v) is 7.12. The molecule has 2 nitrogen and oxygen atoms in total. The highest BCUT2D eigenvalue weighted by Crippen LogP contribution is 2.34. The quantitative estimate of drug-likeness (QED) is 0.826. The smallest absolute Gasteiger partial charge is 0.125 e. The summed E-state index contributed by atoms with van der Waals surface area (Å²) >= 11 is 0. The largest absolute Gasteiger partial charge is 0.399 e. The minimum Gasteiger partial charge on any atom is -0.399 e. The average molecular weight is 264 g/mol. The molecular formula is C16H25FN2. The van der Waals surface area contributed by atoms with E-state index in [1.807, 2.05) is 6.07 Å². The van der Waals surface area contributed by atoms with Gasteiger partial charge in [-0.25, -0.2) is 4.39 Å². The van der Waals surface area contributed by atoms with Crippen LogP contribution >= 0.6 is 0 Å². The molecular weight excluding hydrogens is 239 g/mol. The van der Waals surface area contributed by atoms with Crippen LogP contribution in [0.5, 0.6) is 0 Å². The molecule has 1 heterocycles. The van der Waals surface area contributed by atoms with E-state index in [0.29, 0.717) is 11.1 Å². The Hall–Kier alpha value is -1.09. The van der Waals surface area contributed by atoms with Gasteiger partial charge in [0.25, 0.3) is 0 Å². The van der Waals surface area contributed by atoms with Crippen LogP contribution in [0.3, 0.4) is 0 Å². The van der Waals surface area contributed by atoms with Gasteiger partial charge in [-0.3, -0.25) is 4.90 Å². The van der Waals surface area contributed by atoms with Crippen molar-refractivity contribution in [2.75, 3.05) is 18.8 Å². The van der Waals surface area contributed by atoms with Gasteiger partial charge < -0.3 is 5.73 Å². The van der Waals surface area contributed by atoms with Crippen molar-refractivity contribution >= 4 is 5.69 Å². The number of benzene rings is 1. The van der Waals surface area contributed by atoms with Crippen molar-refractivity contribution in [3.63, 3.8) is 0 Å². The van der Waals surface area contributed by atoms with Gasteiger partial charge in [0.1, 0.15) is 5.82 Å². The van der Waals surface area contributed by atoms with Crippen LogP contribution in [0.4, 0.5) is 10.1 Å². The number of piperidine rings is 1. The summed E-state index contributed by atoms with van der Waals surface area (Å²) in [4.78, 5) is 2.40. The second-order valence-electron chi connectivity index (χ2n) is 6.81. The molecule has 2 N–H and O–H groups in total. The minimum atomic E-state index is -0.237. The van der Waals surface area contributed by atoms with E-state index in [-0.39, 0.29) is 5.82 Å². The van der Waals surface area contributed by atoms with E-state index in [4.69, 9.17) is 5.73 Å². The fourth-order valence-electron chi connectivity index (χ4n) is 2.98. The molecule has 0 amide bonds. The summed E-state index contributed by atoms with van der Waals surface area (Å²) in [5, 5.41) is 0. The molecule has 106 valence electrons. The van der Waals surface area contributed by atoms with E-state index in [2.05, 4.69) is 25.7 Å². The van der Waals surface area contributed by atoms with Crippen molar-refractivity contribution in [3.8, 4) is 0 Å². The Bertz CT molecular complexity index is 409. The Labute approximate surface area is 115 Å². The molecule has 1 fully saturated rings. The molecule has 1 saturated heterocycles. The molecule has 0 aliphatic carbocycles. The fourth-order valence-corrected chi connectivity index (χ4v) is 2.98. The first-order valence-electron chi connectivity index (χ1n) is 7.12. The number of hydrogen-bond acceptors (Lipinski definition) is 2. The topological polar surface area (TPSA) is 29.3 Å². The third-order valence-electron chi connectivity index (χ3n) is 4.20. The standard InChI is InChI=1S/C16H25FN2/c1-16(2,3)13-4-6-19(7-5-13)11-12-8-14(17)10-15(18)9-12/h8-10,13H,4-7,11,18H2,1-3H3. The number of likely N-dealkylation sites (tertiary alicyclic amines) is 1. The lowest BCUT2D eigenvalue weighted by molar-refractivity contribution is 0.108. The third kappa shape index (κ3) is 3.93. The molecule has 0 radical (unpaired) electrons. The first kappa shape index (κ1) is 14.3. The van der Waals surface area contributed by atoms with Crippen LogP contribution in [-0.4, -0.2) is 18.0 Å². The van der Waals surface area contributed by atoms with E-state index in [9.17, 15) is 4.39 Å². The van der Waals surface area contributed by atoms with Gasteiger partial charge in [-0.15, -0.1) is 0 Å². The van der Waals surface area contributed by atoms with E-state index in [1.165, 1.54) is 18.9 Å². The second-order valence-corrected chi connectivity index (χ2v) is 6.81. The first-order chi connectivity index (χ1) is 8.84. The van der Waals surface area contributed by atoms with Gasteiger partial charge in [-0.1, -0.05) is 20.8 Å². The zero-order chi connectivity index (χ0) is 14.0. The van der Waals surface area contributed by atoms with Gasteiger partial charge >= 0.3 is 0 Å². The van der Waals surface area contributed by atoms with Crippen LogP contribution in [0.15, 0.2) is 18.2 Å². The fraction of sp³-hybridized carbons (Fsp3) is 0.625. The zero-order valence-electron chi connectivity index (χ0n) is 12.2. The van der Waals surface area contributed by atoms with Crippen molar-refractivity contribution in [2.24, 2.45) is 11.3 Å². The summed E-state index contributed by atoms with van der Waals surface area (Å²) in [6, 6.07) is 4.83. The SMILES string of the molecule is CC(C)(C)C1CCN(Cc2cc(N)cc(F)c2)CC1. The van der Waals surface area contributed by atoms with Crippen LogP contribution in [0.1, 0.15) is 39.2 Å². The predicted octanol–water partition coefficient (Wildman–Crippen LogP) is 3.67. The Morgan fingerprint density at radius 3 is 2.37 bits per heavy atom. The highest BCUT2D eigenvalue weighted by molar-refractivity contribution is 5.41. The molecule has 0 unspecified atom stereocenters. The maximum Gasteiger partial charge on any atom is 0.125 e. The average Bonchev–Trinajstić information content (AvgIpc) is 2.26. The Balaban J connectivity index is 1.92. The van der Waals surface area contributed by atoms with Crippen LogP contribution < -0.4 is 5.73 Å². The van der Waals surface area contributed by atoms with Crippen molar-refractivity contribution in [1.29, 1.82) is 0 Å². The van der Waals surface area contributed by atoms with E-state index >= 15 is 0 Å². The molecule has 0 aromatic heterocycles. The summed E-state index contributed by atoms with van der Waals surface area (Å²) < 4.78 is 13.3. The molecule has 1 aromatic carbocycles. The summed E-state index contributed by atoms with van der Waals surface area (Å²) in [5.74, 6) is 0.556. The molecule has 1 aromatic rings. The monoisotopic (exact) mass is 264 g/mol. The molecule has 3 heteroatoms. The summed E-state index contributed by atoms with van der Waals surface area (Å²) in [7, 11) is 0. The predicted molar refractivity (Wildman–Crippen MR) is 78.3 cm³/mol. The highest BCUT2D eigenvalue weighted by Gasteiger charge is 2.28. The van der Waals surface area contributed by atoms with Crippen molar-refractivity contribution in [3.05, 3.63) is 29.6 Å². The maximum atomic E-state index is 13.3. The molecule has 19 heavy (non-hydrogen) atoms. The van der Waals surface area contributed by atoms with Crippen LogP contribution in [0, 0.1) is 17.2 Å². The lowest BCUT2D eigenvalue weighted by Gasteiger charge is -2.38. The lowest BCUT2D eigenvalue weighted by Crippen LogP contribution is -2.37. The van der Waals surface area contributed by atoms with Gasteiger partial charge in [0.15, 0.2) is 0 Å². The zero-order valence-corrected chi connectivity index (χ0v) is 12.2. The number of halogens is 1. The number of hydrogen-bond donors (Lipinski definition) is 1. The van der Waals surface area contributed by atoms with E-state index < -0.39 is 0 Å². The van der Waals surface area contributed by atoms with Gasteiger partial charge in [-0.05, 0) is 61.0 Å². The maximum absolute atomic E-state index is 13.3. The minimum absolute atomic E-state index is 0.237. The summed E-state index contributed by atoms with van der Waals surface area (Å²) in [5.41, 5.74) is 7.58. The molecule has 0 atom stereocenters. The Morgan fingerprint density at radius 1 is 1.21 bits per heavy atom. The van der Waals surface area contributed by atoms with Crippen molar-refractivity contribution in [2.45, 2.75) is 40.2 Å². The van der Waals surface area contributed by atoms with Gasteiger partial charge in [0.05, 0.1) is 0 Å². The number of rotatable bonds is 2. The van der Waals surface area contributed by atoms with Crippen LogP contribution in [-0.2, 0) is 6.54 Å². The number of anilines is 1. The second kappa shape index (κ2) is 5.49. The number of nitrogen functional groups attached to an aromatic ring is 1. The number of nitrogens with two attached hydrogens (primary N) is 1. The highest BCUT2D eigenvalue weighted by atomic mass is 19.1. The van der Waals surface area contributed by atoms with E-state index in [1.54, 1.807) is 6.07 Å². The third-order valence-corrected chi connectivity index (χ3v) is 4.20. The molecule has 0 spiro atoms. The molecule has 1 aliphatic heterocycles. The summed E-state index contributed by atoms with van der Waals surface area (Å²) in [6.07, 6.45) is 2.46. The molecule has 0 saturated carbocycles. The van der Waals surface area contributed by atoms with Gasteiger partial charge in [-0.2, -0.15) is 0 Å². The molecule has 1 aliphatic rings. The van der Waals surface area contributed by atoms with Crippen molar-refractivity contribution in [1.82, 2.24) is 4.90 Å². The van der Waals surface area contributed by atoms with Crippen LogP contribution in [0.25, 0.3) is 0 Å². The summed E-state index contributed by atoms with van der Waals surface area (Å²) in [6.45, 7) is 9.96. The lowest BCUT2D eigenvalue weighted by atomic mass is 9.75. The van der Waals surface area contributed by atoms with Crippen LogP contribution in [0.2, 0.25) is 0 Å². The molecule has 0 bridgehead atoms. The number of nitrogens with zero attached hydrogens (tertiary/aromatic N) is 1. The Kier molecular flexibility index (Phi) is 4.14. The van der Waals surface area contributed by atoms with E-state index in [0.717, 1.165) is 31.1 Å². The Morgan fingerprint density at radius 2 is 1.84 bits per heavy atom. The van der Waals surface area contributed by atoms with Crippen molar-refractivity contribution < 1.29 is 4.39 Å². The normalized spacial score (nSPS) is 18.7. The van der Waals surface area contributed by atoms with Gasteiger partial charge in [0, 0.05) is 12.2 Å².